The lowest BCUT2D eigenvalue weighted by atomic mass is 10.1. The van der Waals surface area contributed by atoms with E-state index in [4.69, 9.17) is 9.47 Å². The lowest BCUT2D eigenvalue weighted by Gasteiger charge is -2.18. The molecule has 0 aromatic heterocycles. The molecule has 0 radical (unpaired) electrons. The summed E-state index contributed by atoms with van der Waals surface area (Å²) in [7, 11) is 0. The molecule has 4 nitrogen and oxygen atoms in total. The van der Waals surface area contributed by atoms with Gasteiger partial charge in [-0.2, -0.15) is 0 Å². The molecule has 1 amide bonds. The van der Waals surface area contributed by atoms with Crippen molar-refractivity contribution in [2.24, 2.45) is 0 Å². The SMILES string of the molecule is C=CCOc1cccc(NC(=O)[C@H](CC)Oc2cc(C)cc(C)c2)c1. The second-order valence-electron chi connectivity index (χ2n) is 5.95. The Hall–Kier alpha value is -2.75. The molecule has 0 aliphatic rings. The highest BCUT2D eigenvalue weighted by atomic mass is 16.5. The maximum Gasteiger partial charge on any atom is 0.265 e. The van der Waals surface area contributed by atoms with E-state index in [1.807, 2.05) is 51.1 Å². The summed E-state index contributed by atoms with van der Waals surface area (Å²) in [5.74, 6) is 1.21. The lowest BCUT2D eigenvalue weighted by molar-refractivity contribution is -0.122. The topological polar surface area (TPSA) is 47.6 Å². The molecule has 4 heteroatoms. The van der Waals surface area contributed by atoms with Crippen molar-refractivity contribution in [2.45, 2.75) is 33.3 Å². The first-order valence-electron chi connectivity index (χ1n) is 8.41. The Bertz CT molecular complexity index is 719. The maximum absolute atomic E-state index is 12.6. The van der Waals surface area contributed by atoms with Crippen molar-refractivity contribution in [3.8, 4) is 11.5 Å². The summed E-state index contributed by atoms with van der Waals surface area (Å²) in [6.45, 7) is 9.99. The van der Waals surface area contributed by atoms with Crippen LogP contribution in [-0.2, 0) is 4.79 Å². The molecule has 0 aliphatic carbocycles. The number of amides is 1. The highest BCUT2D eigenvalue weighted by Gasteiger charge is 2.19. The van der Waals surface area contributed by atoms with Crippen molar-refractivity contribution >= 4 is 11.6 Å². The van der Waals surface area contributed by atoms with Gasteiger partial charge in [0, 0.05) is 11.8 Å². The predicted molar refractivity (Wildman–Crippen MR) is 101 cm³/mol. The zero-order valence-corrected chi connectivity index (χ0v) is 15.0. The maximum atomic E-state index is 12.6. The molecule has 2 aromatic carbocycles. The summed E-state index contributed by atoms with van der Waals surface area (Å²) < 4.78 is 11.4. The van der Waals surface area contributed by atoms with E-state index >= 15 is 0 Å². The van der Waals surface area contributed by atoms with Crippen molar-refractivity contribution in [2.75, 3.05) is 11.9 Å². The third-order valence-electron chi connectivity index (χ3n) is 3.61. The van der Waals surface area contributed by atoms with Crippen molar-refractivity contribution in [3.63, 3.8) is 0 Å². The van der Waals surface area contributed by atoms with Gasteiger partial charge in [0.2, 0.25) is 0 Å². The number of nitrogens with one attached hydrogen (secondary N) is 1. The molecule has 2 aromatic rings. The number of aryl methyl sites for hydroxylation is 2. The zero-order valence-electron chi connectivity index (χ0n) is 15.0. The Morgan fingerprint density at radius 2 is 1.88 bits per heavy atom. The molecule has 0 fully saturated rings. The van der Waals surface area contributed by atoms with Crippen LogP contribution in [0.1, 0.15) is 24.5 Å². The Balaban J connectivity index is 2.05. The predicted octanol–water partition coefficient (Wildman–Crippen LogP) is 4.66. The van der Waals surface area contributed by atoms with Crippen LogP contribution in [-0.4, -0.2) is 18.6 Å². The summed E-state index contributed by atoms with van der Waals surface area (Å²) in [6.07, 6.45) is 1.69. The smallest absolute Gasteiger partial charge is 0.265 e. The third kappa shape index (κ3) is 5.68. The van der Waals surface area contributed by atoms with Crippen LogP contribution in [0.25, 0.3) is 0 Å². The Kier molecular flexibility index (Phi) is 6.63. The molecule has 0 saturated heterocycles. The minimum Gasteiger partial charge on any atom is -0.489 e. The number of carbonyl (C=O) groups excluding carboxylic acids is 1. The summed E-state index contributed by atoms with van der Waals surface area (Å²) in [5.41, 5.74) is 2.89. The van der Waals surface area contributed by atoms with Gasteiger partial charge in [-0.05, 0) is 55.7 Å². The third-order valence-corrected chi connectivity index (χ3v) is 3.61. The molecular weight excluding hydrogens is 314 g/mol. The molecule has 1 N–H and O–H groups in total. The van der Waals surface area contributed by atoms with E-state index in [1.54, 1.807) is 12.1 Å². The lowest BCUT2D eigenvalue weighted by Crippen LogP contribution is -2.32. The second kappa shape index (κ2) is 8.92. The fraction of sp³-hybridized carbons (Fsp3) is 0.286. The number of ether oxygens (including phenoxy) is 2. The molecule has 0 unspecified atom stereocenters. The van der Waals surface area contributed by atoms with E-state index in [9.17, 15) is 4.79 Å². The van der Waals surface area contributed by atoms with Gasteiger partial charge in [-0.3, -0.25) is 4.79 Å². The Morgan fingerprint density at radius 1 is 1.16 bits per heavy atom. The van der Waals surface area contributed by atoms with Crippen molar-refractivity contribution in [3.05, 3.63) is 66.2 Å². The normalized spacial score (nSPS) is 11.5. The standard InChI is InChI=1S/C21H25NO3/c1-5-10-24-18-9-7-8-17(14-18)22-21(23)20(6-2)25-19-12-15(3)11-16(4)13-19/h5,7-9,11-14,20H,1,6,10H2,2-4H3,(H,22,23)/t20-/m0/s1. The van der Waals surface area contributed by atoms with Crippen molar-refractivity contribution in [1.29, 1.82) is 0 Å². The van der Waals surface area contributed by atoms with Gasteiger partial charge in [0.25, 0.3) is 5.91 Å². The Labute approximate surface area is 149 Å². The first-order valence-corrected chi connectivity index (χ1v) is 8.41. The van der Waals surface area contributed by atoms with Crippen LogP contribution in [0, 0.1) is 13.8 Å². The number of carbonyl (C=O) groups is 1. The average Bonchev–Trinajstić information content (AvgIpc) is 2.57. The van der Waals surface area contributed by atoms with Crippen molar-refractivity contribution < 1.29 is 14.3 Å². The second-order valence-corrected chi connectivity index (χ2v) is 5.95. The highest BCUT2D eigenvalue weighted by Crippen LogP contribution is 2.21. The molecular formula is C21H25NO3. The van der Waals surface area contributed by atoms with Crippen molar-refractivity contribution in [1.82, 2.24) is 0 Å². The van der Waals surface area contributed by atoms with Gasteiger partial charge >= 0.3 is 0 Å². The monoisotopic (exact) mass is 339 g/mol. The summed E-state index contributed by atoms with van der Waals surface area (Å²) in [5, 5.41) is 2.89. The van der Waals surface area contributed by atoms with Gasteiger partial charge in [0.05, 0.1) is 0 Å². The minimum absolute atomic E-state index is 0.178. The number of hydrogen-bond donors (Lipinski definition) is 1. The first kappa shape index (κ1) is 18.6. The summed E-state index contributed by atoms with van der Waals surface area (Å²) in [4.78, 5) is 12.6. The minimum atomic E-state index is -0.557. The number of anilines is 1. The van der Waals surface area contributed by atoms with Gasteiger partial charge in [-0.15, -0.1) is 0 Å². The van der Waals surface area contributed by atoms with E-state index in [-0.39, 0.29) is 5.91 Å². The van der Waals surface area contributed by atoms with Crippen LogP contribution in [0.15, 0.2) is 55.1 Å². The summed E-state index contributed by atoms with van der Waals surface area (Å²) in [6, 6.07) is 13.2. The number of hydrogen-bond acceptors (Lipinski definition) is 3. The van der Waals surface area contributed by atoms with Crippen LogP contribution in [0.5, 0.6) is 11.5 Å². The van der Waals surface area contributed by atoms with Crippen LogP contribution >= 0.6 is 0 Å². The van der Waals surface area contributed by atoms with E-state index in [0.717, 1.165) is 11.1 Å². The Morgan fingerprint density at radius 3 is 2.52 bits per heavy atom. The van der Waals surface area contributed by atoms with Crippen LogP contribution < -0.4 is 14.8 Å². The first-order chi connectivity index (χ1) is 12.0. The number of rotatable bonds is 8. The van der Waals surface area contributed by atoms with E-state index in [0.29, 0.717) is 30.2 Å². The highest BCUT2D eigenvalue weighted by molar-refractivity contribution is 5.94. The molecule has 0 spiro atoms. The molecule has 0 saturated carbocycles. The molecule has 132 valence electrons. The number of benzene rings is 2. The molecule has 0 bridgehead atoms. The van der Waals surface area contributed by atoms with Gasteiger partial charge in [0.15, 0.2) is 6.10 Å². The largest absolute Gasteiger partial charge is 0.489 e. The van der Waals surface area contributed by atoms with Crippen LogP contribution in [0.4, 0.5) is 5.69 Å². The fourth-order valence-electron chi connectivity index (χ4n) is 2.53. The molecule has 0 aliphatic heterocycles. The molecule has 1 atom stereocenters. The molecule has 2 rings (SSSR count). The average molecular weight is 339 g/mol. The van der Waals surface area contributed by atoms with Gasteiger partial charge in [-0.25, -0.2) is 0 Å². The van der Waals surface area contributed by atoms with Crippen LogP contribution in [0.2, 0.25) is 0 Å². The molecule has 25 heavy (non-hydrogen) atoms. The van der Waals surface area contributed by atoms with E-state index in [1.165, 1.54) is 0 Å². The van der Waals surface area contributed by atoms with E-state index < -0.39 is 6.10 Å². The summed E-state index contributed by atoms with van der Waals surface area (Å²) >= 11 is 0. The quantitative estimate of drug-likeness (QED) is 0.711. The zero-order chi connectivity index (χ0) is 18.2. The van der Waals surface area contributed by atoms with Gasteiger partial charge in [0.1, 0.15) is 18.1 Å². The van der Waals surface area contributed by atoms with E-state index in [2.05, 4.69) is 18.0 Å². The van der Waals surface area contributed by atoms with Gasteiger partial charge < -0.3 is 14.8 Å². The fourth-order valence-corrected chi connectivity index (χ4v) is 2.53. The molecule has 0 heterocycles. The van der Waals surface area contributed by atoms with Gasteiger partial charge in [-0.1, -0.05) is 31.7 Å². The van der Waals surface area contributed by atoms with Crippen LogP contribution in [0.3, 0.4) is 0 Å².